The van der Waals surface area contributed by atoms with Crippen LogP contribution in [-0.2, 0) is 6.42 Å². The van der Waals surface area contributed by atoms with E-state index in [0.717, 1.165) is 19.0 Å². The van der Waals surface area contributed by atoms with Crippen molar-refractivity contribution in [3.8, 4) is 0 Å². The van der Waals surface area contributed by atoms with Crippen LogP contribution in [0.1, 0.15) is 51.6 Å². The number of nitrogens with zero attached hydrogens (tertiary/aromatic N) is 1. The molecular weight excluding hydrogens is 210 g/mol. The van der Waals surface area contributed by atoms with Crippen molar-refractivity contribution in [1.29, 1.82) is 0 Å². The zero-order chi connectivity index (χ0) is 12.1. The summed E-state index contributed by atoms with van der Waals surface area (Å²) in [5.74, 6) is 0. The first-order valence-electron chi connectivity index (χ1n) is 6.86. The average Bonchev–Trinajstić information content (AvgIpc) is 2.72. The van der Waals surface area contributed by atoms with Crippen molar-refractivity contribution in [1.82, 2.24) is 15.3 Å². The zero-order valence-corrected chi connectivity index (χ0v) is 11.1. The lowest BCUT2D eigenvalue weighted by Gasteiger charge is -2.22. The van der Waals surface area contributed by atoms with Crippen LogP contribution in [0.2, 0.25) is 0 Å². The van der Waals surface area contributed by atoms with E-state index in [0.29, 0.717) is 5.41 Å². The third-order valence-corrected chi connectivity index (χ3v) is 3.96. The van der Waals surface area contributed by atoms with E-state index in [2.05, 4.69) is 29.1 Å². The Morgan fingerprint density at radius 1 is 1.41 bits per heavy atom. The van der Waals surface area contributed by atoms with E-state index in [1.54, 1.807) is 6.33 Å². The summed E-state index contributed by atoms with van der Waals surface area (Å²) in [5, 5.41) is 3.69. The van der Waals surface area contributed by atoms with Crippen LogP contribution in [-0.4, -0.2) is 22.6 Å². The molecule has 1 fully saturated rings. The minimum Gasteiger partial charge on any atom is -0.348 e. The molecule has 0 bridgehead atoms. The largest absolute Gasteiger partial charge is 0.348 e. The number of hydrogen-bond acceptors (Lipinski definition) is 2. The highest BCUT2D eigenvalue weighted by Crippen LogP contribution is 2.33. The van der Waals surface area contributed by atoms with Crippen LogP contribution in [0, 0.1) is 5.41 Å². The lowest BCUT2D eigenvalue weighted by molar-refractivity contribution is 0.310. The van der Waals surface area contributed by atoms with Crippen molar-refractivity contribution in [3.05, 3.63) is 18.2 Å². The third-order valence-electron chi connectivity index (χ3n) is 3.96. The molecule has 3 heteroatoms. The molecule has 2 rings (SSSR count). The summed E-state index contributed by atoms with van der Waals surface area (Å²) in [6.07, 6.45) is 11.5. The van der Waals surface area contributed by atoms with Gasteiger partial charge in [0.2, 0.25) is 0 Å². The third kappa shape index (κ3) is 4.15. The lowest BCUT2D eigenvalue weighted by Crippen LogP contribution is -2.30. The lowest BCUT2D eigenvalue weighted by atomic mass is 9.85. The fourth-order valence-electron chi connectivity index (χ4n) is 2.70. The molecule has 1 atom stereocenters. The van der Waals surface area contributed by atoms with Gasteiger partial charge in [0.25, 0.3) is 0 Å². The van der Waals surface area contributed by atoms with E-state index in [1.165, 1.54) is 37.8 Å². The summed E-state index contributed by atoms with van der Waals surface area (Å²) in [4.78, 5) is 7.19. The summed E-state index contributed by atoms with van der Waals surface area (Å²) in [6.45, 7) is 5.87. The van der Waals surface area contributed by atoms with Gasteiger partial charge in [-0.2, -0.15) is 0 Å². The highest BCUT2D eigenvalue weighted by Gasteiger charge is 2.23. The molecule has 2 N–H and O–H groups in total. The quantitative estimate of drug-likeness (QED) is 0.788. The molecule has 0 radical (unpaired) electrons. The van der Waals surface area contributed by atoms with Crippen molar-refractivity contribution in [2.24, 2.45) is 5.41 Å². The Balaban J connectivity index is 1.69. The maximum absolute atomic E-state index is 4.04. The van der Waals surface area contributed by atoms with Gasteiger partial charge in [-0.1, -0.05) is 20.3 Å². The average molecular weight is 235 g/mol. The van der Waals surface area contributed by atoms with Crippen LogP contribution in [0.25, 0.3) is 0 Å². The summed E-state index contributed by atoms with van der Waals surface area (Å²) in [6, 6.07) is 0.722. The number of rotatable bonds is 4. The van der Waals surface area contributed by atoms with Gasteiger partial charge in [0.05, 0.1) is 6.33 Å². The zero-order valence-electron chi connectivity index (χ0n) is 11.1. The first kappa shape index (κ1) is 12.6. The minimum atomic E-state index is 0.555. The van der Waals surface area contributed by atoms with E-state index in [4.69, 9.17) is 0 Å². The van der Waals surface area contributed by atoms with Gasteiger partial charge in [-0.05, 0) is 31.1 Å². The van der Waals surface area contributed by atoms with Gasteiger partial charge in [-0.15, -0.1) is 0 Å². The second kappa shape index (κ2) is 5.67. The smallest absolute Gasteiger partial charge is 0.0921 e. The van der Waals surface area contributed by atoms with Crippen LogP contribution in [0.5, 0.6) is 0 Å². The monoisotopic (exact) mass is 235 g/mol. The van der Waals surface area contributed by atoms with Gasteiger partial charge < -0.3 is 10.3 Å². The summed E-state index contributed by atoms with van der Waals surface area (Å²) < 4.78 is 0. The van der Waals surface area contributed by atoms with Gasteiger partial charge in [0.1, 0.15) is 0 Å². The number of aromatic nitrogens is 2. The van der Waals surface area contributed by atoms with E-state index in [-0.39, 0.29) is 0 Å². The highest BCUT2D eigenvalue weighted by molar-refractivity contribution is 4.94. The van der Waals surface area contributed by atoms with Gasteiger partial charge in [-0.3, -0.25) is 0 Å². The molecule has 1 saturated carbocycles. The van der Waals surface area contributed by atoms with Crippen molar-refractivity contribution >= 4 is 0 Å². The Morgan fingerprint density at radius 2 is 2.29 bits per heavy atom. The van der Waals surface area contributed by atoms with E-state index in [9.17, 15) is 0 Å². The topological polar surface area (TPSA) is 40.7 Å². The molecule has 0 spiro atoms. The van der Waals surface area contributed by atoms with Crippen molar-refractivity contribution in [3.63, 3.8) is 0 Å². The standard InChI is InChI=1S/C14H25N3/c1-14(2)7-3-4-12(5-8-14)16-9-6-13-10-15-11-17-13/h10-12,16H,3-9H2,1-2H3,(H,15,17). The van der Waals surface area contributed by atoms with Crippen molar-refractivity contribution in [2.45, 2.75) is 58.4 Å². The van der Waals surface area contributed by atoms with E-state index in [1.807, 2.05) is 6.20 Å². The maximum Gasteiger partial charge on any atom is 0.0921 e. The van der Waals surface area contributed by atoms with E-state index >= 15 is 0 Å². The molecule has 1 aromatic heterocycles. The summed E-state index contributed by atoms with van der Waals surface area (Å²) in [5.41, 5.74) is 1.78. The second-order valence-electron chi connectivity index (χ2n) is 6.07. The Labute approximate surface area is 104 Å². The molecule has 1 aromatic rings. The molecule has 0 saturated heterocycles. The molecular formula is C14H25N3. The molecule has 0 aromatic carbocycles. The van der Waals surface area contributed by atoms with Crippen LogP contribution >= 0.6 is 0 Å². The molecule has 3 nitrogen and oxygen atoms in total. The van der Waals surface area contributed by atoms with Crippen molar-refractivity contribution in [2.75, 3.05) is 6.54 Å². The Morgan fingerprint density at radius 3 is 3.06 bits per heavy atom. The van der Waals surface area contributed by atoms with E-state index < -0.39 is 0 Å². The van der Waals surface area contributed by atoms with Crippen LogP contribution in [0.3, 0.4) is 0 Å². The molecule has 1 unspecified atom stereocenters. The number of nitrogens with one attached hydrogen (secondary N) is 2. The normalized spacial score (nSPS) is 24.5. The first-order valence-corrected chi connectivity index (χ1v) is 6.86. The number of H-pyrrole nitrogens is 1. The molecule has 96 valence electrons. The maximum atomic E-state index is 4.04. The van der Waals surface area contributed by atoms with Gasteiger partial charge in [0, 0.05) is 30.9 Å². The van der Waals surface area contributed by atoms with Crippen LogP contribution in [0.4, 0.5) is 0 Å². The molecule has 0 aliphatic heterocycles. The Kier molecular flexibility index (Phi) is 4.21. The summed E-state index contributed by atoms with van der Waals surface area (Å²) >= 11 is 0. The molecule has 17 heavy (non-hydrogen) atoms. The number of imidazole rings is 1. The Bertz CT molecular complexity index is 316. The fraction of sp³-hybridized carbons (Fsp3) is 0.786. The Hall–Kier alpha value is -0.830. The molecule has 1 aliphatic rings. The fourth-order valence-corrected chi connectivity index (χ4v) is 2.70. The second-order valence-corrected chi connectivity index (χ2v) is 6.07. The van der Waals surface area contributed by atoms with Gasteiger partial charge in [-0.25, -0.2) is 4.98 Å². The minimum absolute atomic E-state index is 0.555. The predicted octanol–water partition coefficient (Wildman–Crippen LogP) is 2.90. The predicted molar refractivity (Wildman–Crippen MR) is 70.9 cm³/mol. The molecule has 1 heterocycles. The summed E-state index contributed by atoms with van der Waals surface area (Å²) in [7, 11) is 0. The van der Waals surface area contributed by atoms with Gasteiger partial charge in [0.15, 0.2) is 0 Å². The molecule has 0 amide bonds. The van der Waals surface area contributed by atoms with Gasteiger partial charge >= 0.3 is 0 Å². The molecule has 1 aliphatic carbocycles. The highest BCUT2D eigenvalue weighted by atomic mass is 14.9. The SMILES string of the molecule is CC1(C)CCCC(NCCc2cnc[nH]2)CC1. The number of hydrogen-bond donors (Lipinski definition) is 2. The first-order chi connectivity index (χ1) is 8.16. The number of aromatic amines is 1. The van der Waals surface area contributed by atoms with Crippen LogP contribution in [0.15, 0.2) is 12.5 Å². The van der Waals surface area contributed by atoms with Crippen molar-refractivity contribution < 1.29 is 0 Å². The van der Waals surface area contributed by atoms with Crippen LogP contribution < -0.4 is 5.32 Å².